The Morgan fingerprint density at radius 2 is 2.24 bits per heavy atom. The maximum atomic E-state index is 11.0. The highest BCUT2D eigenvalue weighted by Gasteiger charge is 2.22. The molecule has 4 heteroatoms. The minimum absolute atomic E-state index is 0.0103. The molecule has 1 aliphatic heterocycles. The van der Waals surface area contributed by atoms with Crippen molar-refractivity contribution >= 4 is 11.7 Å². The van der Waals surface area contributed by atoms with E-state index < -0.39 is 0 Å². The Morgan fingerprint density at radius 1 is 1.47 bits per heavy atom. The van der Waals surface area contributed by atoms with Gasteiger partial charge in [0, 0.05) is 6.42 Å². The van der Waals surface area contributed by atoms with Crippen LogP contribution < -0.4 is 0 Å². The molecule has 0 radical (unpaired) electrons. The predicted octanol–water partition coefficient (Wildman–Crippen LogP) is 2.46. The summed E-state index contributed by atoms with van der Waals surface area (Å²) < 4.78 is 4.59. The first-order valence-electron chi connectivity index (χ1n) is 5.63. The van der Waals surface area contributed by atoms with Crippen molar-refractivity contribution in [3.8, 4) is 0 Å². The Labute approximate surface area is 100 Å². The second-order valence-corrected chi connectivity index (χ2v) is 3.94. The van der Waals surface area contributed by atoms with Crippen LogP contribution in [0.1, 0.15) is 30.9 Å². The summed E-state index contributed by atoms with van der Waals surface area (Å²) in [4.78, 5) is 16.4. The Morgan fingerprint density at radius 3 is 2.94 bits per heavy atom. The lowest BCUT2D eigenvalue weighted by atomic mass is 10.0. The van der Waals surface area contributed by atoms with E-state index in [0.717, 1.165) is 17.7 Å². The second kappa shape index (κ2) is 5.48. The topological polar surface area (TPSA) is 47.9 Å². The highest BCUT2D eigenvalue weighted by atomic mass is 16.6. The Balaban J connectivity index is 1.85. The summed E-state index contributed by atoms with van der Waals surface area (Å²) in [6, 6.07) is 9.96. The SMILES string of the molecule is COC(=O)CCC1=NOC(c2ccccc2)C1. The lowest BCUT2D eigenvalue weighted by molar-refractivity contribution is -0.140. The van der Waals surface area contributed by atoms with Gasteiger partial charge in [-0.15, -0.1) is 0 Å². The van der Waals surface area contributed by atoms with Crippen LogP contribution in [0.5, 0.6) is 0 Å². The lowest BCUT2D eigenvalue weighted by Gasteiger charge is -2.07. The van der Waals surface area contributed by atoms with Gasteiger partial charge in [-0.1, -0.05) is 35.5 Å². The van der Waals surface area contributed by atoms with Gasteiger partial charge >= 0.3 is 5.97 Å². The Hall–Kier alpha value is -1.84. The first kappa shape index (κ1) is 11.6. The Bertz CT molecular complexity index is 414. The van der Waals surface area contributed by atoms with Crippen molar-refractivity contribution < 1.29 is 14.4 Å². The third-order valence-electron chi connectivity index (χ3n) is 2.75. The van der Waals surface area contributed by atoms with Crippen LogP contribution in [0.15, 0.2) is 35.5 Å². The molecule has 1 atom stereocenters. The number of hydrogen-bond donors (Lipinski definition) is 0. The number of oxime groups is 1. The van der Waals surface area contributed by atoms with Gasteiger partial charge in [-0.25, -0.2) is 0 Å². The maximum absolute atomic E-state index is 11.0. The molecule has 0 amide bonds. The molecule has 17 heavy (non-hydrogen) atoms. The number of methoxy groups -OCH3 is 1. The molecule has 0 aliphatic carbocycles. The van der Waals surface area contributed by atoms with Gasteiger partial charge in [0.15, 0.2) is 6.10 Å². The third-order valence-corrected chi connectivity index (χ3v) is 2.75. The fourth-order valence-electron chi connectivity index (χ4n) is 1.77. The molecule has 0 aromatic heterocycles. The van der Waals surface area contributed by atoms with E-state index in [2.05, 4.69) is 9.89 Å². The standard InChI is InChI=1S/C13H15NO3/c1-16-13(15)8-7-11-9-12(17-14-11)10-5-3-2-4-6-10/h2-6,12H,7-9H2,1H3. The van der Waals surface area contributed by atoms with Gasteiger partial charge in [0.2, 0.25) is 0 Å². The second-order valence-electron chi connectivity index (χ2n) is 3.94. The molecule has 0 saturated heterocycles. The van der Waals surface area contributed by atoms with Crippen molar-refractivity contribution in [2.24, 2.45) is 5.16 Å². The van der Waals surface area contributed by atoms with E-state index >= 15 is 0 Å². The third kappa shape index (κ3) is 3.06. The minimum Gasteiger partial charge on any atom is -0.469 e. The van der Waals surface area contributed by atoms with Gasteiger partial charge < -0.3 is 9.57 Å². The maximum Gasteiger partial charge on any atom is 0.305 e. The molecule has 1 aliphatic rings. The van der Waals surface area contributed by atoms with Crippen LogP contribution in [-0.4, -0.2) is 18.8 Å². The normalized spacial score (nSPS) is 18.4. The zero-order valence-corrected chi connectivity index (χ0v) is 9.76. The number of esters is 1. The van der Waals surface area contributed by atoms with Crippen LogP contribution in [0.25, 0.3) is 0 Å². The smallest absolute Gasteiger partial charge is 0.305 e. The monoisotopic (exact) mass is 233 g/mol. The van der Waals surface area contributed by atoms with Crippen LogP contribution in [0.2, 0.25) is 0 Å². The quantitative estimate of drug-likeness (QED) is 0.750. The summed E-state index contributed by atoms with van der Waals surface area (Å²) in [5.74, 6) is -0.212. The largest absolute Gasteiger partial charge is 0.469 e. The molecular formula is C13H15NO3. The number of ether oxygens (including phenoxy) is 1. The number of hydrogen-bond acceptors (Lipinski definition) is 4. The van der Waals surface area contributed by atoms with Crippen LogP contribution in [0, 0.1) is 0 Å². The average Bonchev–Trinajstić information content (AvgIpc) is 2.86. The van der Waals surface area contributed by atoms with Gasteiger partial charge in [-0.05, 0) is 12.0 Å². The van der Waals surface area contributed by atoms with E-state index in [0.29, 0.717) is 12.8 Å². The van der Waals surface area contributed by atoms with E-state index in [1.165, 1.54) is 7.11 Å². The van der Waals surface area contributed by atoms with Crippen LogP contribution >= 0.6 is 0 Å². The van der Waals surface area contributed by atoms with E-state index in [-0.39, 0.29) is 12.1 Å². The molecule has 0 N–H and O–H groups in total. The summed E-state index contributed by atoms with van der Waals surface area (Å²) in [5, 5.41) is 4.01. The first-order valence-corrected chi connectivity index (χ1v) is 5.63. The number of rotatable bonds is 4. The molecule has 1 unspecified atom stereocenters. The highest BCUT2D eigenvalue weighted by Crippen LogP contribution is 2.28. The van der Waals surface area contributed by atoms with Crippen LogP contribution in [0.4, 0.5) is 0 Å². The summed E-state index contributed by atoms with van der Waals surface area (Å²) in [6.07, 6.45) is 1.71. The van der Waals surface area contributed by atoms with Gasteiger partial charge in [0.05, 0.1) is 19.2 Å². The summed E-state index contributed by atoms with van der Waals surface area (Å²) >= 11 is 0. The number of benzene rings is 1. The predicted molar refractivity (Wildman–Crippen MR) is 63.6 cm³/mol. The number of nitrogens with zero attached hydrogens (tertiary/aromatic N) is 1. The van der Waals surface area contributed by atoms with Crippen molar-refractivity contribution in [2.45, 2.75) is 25.4 Å². The van der Waals surface area contributed by atoms with Crippen molar-refractivity contribution in [2.75, 3.05) is 7.11 Å². The molecule has 0 saturated carbocycles. The molecular weight excluding hydrogens is 218 g/mol. The zero-order valence-electron chi connectivity index (χ0n) is 9.76. The molecule has 4 nitrogen and oxygen atoms in total. The van der Waals surface area contributed by atoms with Crippen molar-refractivity contribution in [1.29, 1.82) is 0 Å². The van der Waals surface area contributed by atoms with Gasteiger partial charge in [0.25, 0.3) is 0 Å². The van der Waals surface area contributed by atoms with Crippen molar-refractivity contribution in [3.05, 3.63) is 35.9 Å². The number of carbonyl (C=O) groups excluding carboxylic acids is 1. The minimum atomic E-state index is -0.212. The van der Waals surface area contributed by atoms with E-state index in [1.807, 2.05) is 30.3 Å². The molecule has 90 valence electrons. The average molecular weight is 233 g/mol. The molecule has 0 fully saturated rings. The first-order chi connectivity index (χ1) is 8.29. The van der Waals surface area contributed by atoms with Crippen LogP contribution in [0.3, 0.4) is 0 Å². The number of carbonyl (C=O) groups is 1. The molecule has 0 bridgehead atoms. The summed E-state index contributed by atoms with van der Waals surface area (Å²) in [6.45, 7) is 0. The molecule has 1 aromatic rings. The van der Waals surface area contributed by atoms with Gasteiger partial charge in [-0.2, -0.15) is 0 Å². The highest BCUT2D eigenvalue weighted by molar-refractivity contribution is 5.88. The Kier molecular flexibility index (Phi) is 3.75. The van der Waals surface area contributed by atoms with Gasteiger partial charge in [0.1, 0.15) is 0 Å². The fraction of sp³-hybridized carbons (Fsp3) is 0.385. The van der Waals surface area contributed by atoms with Crippen molar-refractivity contribution in [1.82, 2.24) is 0 Å². The van der Waals surface area contributed by atoms with Crippen molar-refractivity contribution in [3.63, 3.8) is 0 Å². The lowest BCUT2D eigenvalue weighted by Crippen LogP contribution is -2.05. The zero-order chi connectivity index (χ0) is 12.1. The van der Waals surface area contributed by atoms with E-state index in [9.17, 15) is 4.79 Å². The molecule has 0 spiro atoms. The van der Waals surface area contributed by atoms with E-state index in [1.54, 1.807) is 0 Å². The van der Waals surface area contributed by atoms with Crippen LogP contribution in [-0.2, 0) is 14.4 Å². The van der Waals surface area contributed by atoms with E-state index in [4.69, 9.17) is 4.84 Å². The fourth-order valence-corrected chi connectivity index (χ4v) is 1.77. The summed E-state index contributed by atoms with van der Waals surface area (Å²) in [7, 11) is 1.39. The van der Waals surface area contributed by atoms with Gasteiger partial charge in [-0.3, -0.25) is 4.79 Å². The molecule has 1 aromatic carbocycles. The molecule has 1 heterocycles. The molecule has 2 rings (SSSR count). The summed E-state index contributed by atoms with van der Waals surface area (Å²) in [5.41, 5.74) is 2.04.